The van der Waals surface area contributed by atoms with Gasteiger partial charge in [0.05, 0.1) is 10.2 Å². The summed E-state index contributed by atoms with van der Waals surface area (Å²) < 4.78 is 0.984. The number of anilines is 1. The fourth-order valence-corrected chi connectivity index (χ4v) is 1.92. The Labute approximate surface area is 104 Å². The maximum absolute atomic E-state index is 4.04. The summed E-state index contributed by atoms with van der Waals surface area (Å²) in [7, 11) is 0. The van der Waals surface area contributed by atoms with Gasteiger partial charge in [-0.15, -0.1) is 0 Å². The smallest absolute Gasteiger partial charge is 0.0590 e. The molecular weight excluding hydrogens is 264 g/mol. The van der Waals surface area contributed by atoms with E-state index in [0.29, 0.717) is 0 Å². The summed E-state index contributed by atoms with van der Waals surface area (Å²) in [5, 5.41) is 3.44. The van der Waals surface area contributed by atoms with Crippen molar-refractivity contribution in [1.82, 2.24) is 4.98 Å². The minimum absolute atomic E-state index is 0.278. The second kappa shape index (κ2) is 5.12. The van der Waals surface area contributed by atoms with Crippen molar-refractivity contribution in [2.45, 2.75) is 13.0 Å². The predicted octanol–water partition coefficient (Wildman–Crippen LogP) is 4.02. The van der Waals surface area contributed by atoms with E-state index in [0.717, 1.165) is 10.2 Å². The van der Waals surface area contributed by atoms with Gasteiger partial charge in [0.2, 0.25) is 0 Å². The number of aromatic nitrogens is 1. The van der Waals surface area contributed by atoms with Gasteiger partial charge in [0, 0.05) is 18.4 Å². The van der Waals surface area contributed by atoms with E-state index in [1.165, 1.54) is 5.56 Å². The number of hydrogen-bond acceptors (Lipinski definition) is 2. The van der Waals surface area contributed by atoms with E-state index < -0.39 is 0 Å². The van der Waals surface area contributed by atoms with Crippen LogP contribution in [-0.2, 0) is 0 Å². The molecule has 1 heterocycles. The molecule has 0 aliphatic heterocycles. The van der Waals surface area contributed by atoms with E-state index in [9.17, 15) is 0 Å². The summed E-state index contributed by atoms with van der Waals surface area (Å²) in [4.78, 5) is 4.04. The molecule has 2 rings (SSSR count). The number of benzene rings is 1. The summed E-state index contributed by atoms with van der Waals surface area (Å²) in [5.41, 5.74) is 2.33. The Morgan fingerprint density at radius 3 is 2.62 bits per heavy atom. The lowest BCUT2D eigenvalue weighted by Crippen LogP contribution is -2.06. The van der Waals surface area contributed by atoms with Gasteiger partial charge < -0.3 is 5.32 Å². The molecule has 1 aromatic carbocycles. The van der Waals surface area contributed by atoms with Crippen LogP contribution in [-0.4, -0.2) is 4.98 Å². The first kappa shape index (κ1) is 11.1. The highest BCUT2D eigenvalue weighted by Gasteiger charge is 2.06. The molecule has 0 spiro atoms. The second-order valence-electron chi connectivity index (χ2n) is 3.63. The summed E-state index contributed by atoms with van der Waals surface area (Å²) in [6.07, 6.45) is 3.57. The Morgan fingerprint density at radius 1 is 1.19 bits per heavy atom. The first-order chi connectivity index (χ1) is 7.77. The van der Waals surface area contributed by atoms with E-state index in [1.807, 2.05) is 12.1 Å². The van der Waals surface area contributed by atoms with Crippen LogP contribution in [0, 0.1) is 0 Å². The quantitative estimate of drug-likeness (QED) is 0.916. The van der Waals surface area contributed by atoms with Crippen LogP contribution in [0.1, 0.15) is 18.5 Å². The topological polar surface area (TPSA) is 24.9 Å². The first-order valence-electron chi connectivity index (χ1n) is 5.18. The van der Waals surface area contributed by atoms with Crippen molar-refractivity contribution in [3.8, 4) is 0 Å². The molecule has 3 heteroatoms. The number of halogens is 1. The van der Waals surface area contributed by atoms with Crippen LogP contribution in [0.15, 0.2) is 53.3 Å². The number of nitrogens with one attached hydrogen (secondary N) is 1. The van der Waals surface area contributed by atoms with Crippen LogP contribution in [0.2, 0.25) is 0 Å². The van der Waals surface area contributed by atoms with Crippen molar-refractivity contribution in [3.63, 3.8) is 0 Å². The first-order valence-corrected chi connectivity index (χ1v) is 5.97. The zero-order chi connectivity index (χ0) is 11.4. The molecule has 1 unspecified atom stereocenters. The summed E-state index contributed by atoms with van der Waals surface area (Å²) in [5.74, 6) is 0. The molecule has 0 radical (unpaired) electrons. The Bertz CT molecular complexity index is 456. The molecule has 82 valence electrons. The Hall–Kier alpha value is -1.35. The molecule has 1 N–H and O–H groups in total. The normalized spacial score (nSPS) is 12.1. The third-order valence-corrected chi connectivity index (χ3v) is 3.08. The number of hydrogen-bond donors (Lipinski definition) is 1. The van der Waals surface area contributed by atoms with Crippen LogP contribution in [0.5, 0.6) is 0 Å². The Kier molecular flexibility index (Phi) is 3.57. The molecule has 2 aromatic rings. The third-order valence-electron chi connectivity index (χ3n) is 2.44. The maximum atomic E-state index is 4.04. The molecule has 0 saturated heterocycles. The zero-order valence-electron chi connectivity index (χ0n) is 9.02. The highest BCUT2D eigenvalue weighted by Crippen LogP contribution is 2.25. The minimum atomic E-state index is 0.278. The number of nitrogens with zero attached hydrogens (tertiary/aromatic N) is 1. The zero-order valence-corrected chi connectivity index (χ0v) is 10.6. The van der Waals surface area contributed by atoms with E-state index in [2.05, 4.69) is 57.4 Å². The highest BCUT2D eigenvalue weighted by atomic mass is 79.9. The molecule has 0 amide bonds. The molecule has 1 aromatic heterocycles. The van der Waals surface area contributed by atoms with Gasteiger partial charge in [-0.3, -0.25) is 4.98 Å². The van der Waals surface area contributed by atoms with Crippen LogP contribution >= 0.6 is 15.9 Å². The monoisotopic (exact) mass is 276 g/mol. The molecule has 0 fully saturated rings. The molecule has 0 bridgehead atoms. The van der Waals surface area contributed by atoms with Gasteiger partial charge in [-0.2, -0.15) is 0 Å². The molecule has 0 saturated carbocycles. The maximum Gasteiger partial charge on any atom is 0.0590 e. The van der Waals surface area contributed by atoms with Crippen molar-refractivity contribution in [3.05, 3.63) is 58.8 Å². The summed E-state index contributed by atoms with van der Waals surface area (Å²) in [6.45, 7) is 2.14. The standard InChI is InChI=1S/C13H13BrN2/c1-10(11-5-3-2-4-6-11)16-13-7-8-15-9-12(13)14/h2-10H,1H3,(H,15,16). The third kappa shape index (κ3) is 2.61. The van der Waals surface area contributed by atoms with E-state index >= 15 is 0 Å². The lowest BCUT2D eigenvalue weighted by atomic mass is 10.1. The van der Waals surface area contributed by atoms with E-state index in [-0.39, 0.29) is 6.04 Å². The molecule has 1 atom stereocenters. The highest BCUT2D eigenvalue weighted by molar-refractivity contribution is 9.10. The number of pyridine rings is 1. The van der Waals surface area contributed by atoms with Crippen LogP contribution in [0.25, 0.3) is 0 Å². The Morgan fingerprint density at radius 2 is 1.94 bits per heavy atom. The Balaban J connectivity index is 2.14. The lowest BCUT2D eigenvalue weighted by Gasteiger charge is -2.16. The minimum Gasteiger partial charge on any atom is -0.378 e. The molecule has 0 aliphatic rings. The number of rotatable bonds is 3. The summed E-state index contributed by atoms with van der Waals surface area (Å²) >= 11 is 3.47. The second-order valence-corrected chi connectivity index (χ2v) is 4.49. The van der Waals surface area contributed by atoms with Gasteiger partial charge in [0.1, 0.15) is 0 Å². The fourth-order valence-electron chi connectivity index (χ4n) is 1.55. The van der Waals surface area contributed by atoms with Crippen molar-refractivity contribution < 1.29 is 0 Å². The van der Waals surface area contributed by atoms with Gasteiger partial charge in [-0.05, 0) is 34.5 Å². The lowest BCUT2D eigenvalue weighted by molar-refractivity contribution is 0.882. The average Bonchev–Trinajstić information content (AvgIpc) is 2.33. The van der Waals surface area contributed by atoms with Gasteiger partial charge in [-0.1, -0.05) is 30.3 Å². The fraction of sp³-hybridized carbons (Fsp3) is 0.154. The van der Waals surface area contributed by atoms with Crippen LogP contribution in [0.4, 0.5) is 5.69 Å². The van der Waals surface area contributed by atoms with Gasteiger partial charge in [0.15, 0.2) is 0 Å². The molecular formula is C13H13BrN2. The molecule has 16 heavy (non-hydrogen) atoms. The van der Waals surface area contributed by atoms with Crippen molar-refractivity contribution in [1.29, 1.82) is 0 Å². The van der Waals surface area contributed by atoms with Gasteiger partial charge >= 0.3 is 0 Å². The van der Waals surface area contributed by atoms with Crippen molar-refractivity contribution in [2.24, 2.45) is 0 Å². The molecule has 2 nitrogen and oxygen atoms in total. The molecule has 0 aliphatic carbocycles. The largest absolute Gasteiger partial charge is 0.378 e. The van der Waals surface area contributed by atoms with Gasteiger partial charge in [0.25, 0.3) is 0 Å². The van der Waals surface area contributed by atoms with E-state index in [1.54, 1.807) is 12.4 Å². The van der Waals surface area contributed by atoms with E-state index in [4.69, 9.17) is 0 Å². The predicted molar refractivity (Wildman–Crippen MR) is 70.4 cm³/mol. The van der Waals surface area contributed by atoms with Gasteiger partial charge in [-0.25, -0.2) is 0 Å². The summed E-state index contributed by atoms with van der Waals surface area (Å²) in [6, 6.07) is 12.6. The SMILES string of the molecule is CC(Nc1ccncc1Br)c1ccccc1. The van der Waals surface area contributed by atoms with Crippen molar-refractivity contribution in [2.75, 3.05) is 5.32 Å². The van der Waals surface area contributed by atoms with Crippen molar-refractivity contribution >= 4 is 21.6 Å². The van der Waals surface area contributed by atoms with Crippen LogP contribution in [0.3, 0.4) is 0 Å². The van der Waals surface area contributed by atoms with Crippen LogP contribution < -0.4 is 5.32 Å². The average molecular weight is 277 g/mol.